The van der Waals surface area contributed by atoms with Crippen LogP contribution >= 0.6 is 11.6 Å². The lowest BCUT2D eigenvalue weighted by Crippen LogP contribution is -2.40. The second-order valence-corrected chi connectivity index (χ2v) is 6.28. The maximum Gasteiger partial charge on any atom is 0.251 e. The minimum atomic E-state index is -0.110. The second kappa shape index (κ2) is 7.66. The van der Waals surface area contributed by atoms with Crippen molar-refractivity contribution in [2.75, 3.05) is 19.6 Å². The normalized spacial score (nSPS) is 16.9. The molecule has 122 valence electrons. The summed E-state index contributed by atoms with van der Waals surface area (Å²) in [5.74, 6) is 0.791. The molecule has 4 nitrogen and oxygen atoms in total. The predicted octanol–water partition coefficient (Wildman–Crippen LogP) is 3.89. The molecule has 0 spiro atoms. The molecule has 1 aromatic carbocycles. The maximum atomic E-state index is 12.3. The van der Waals surface area contributed by atoms with Crippen molar-refractivity contribution in [3.8, 4) is 0 Å². The third-order valence-electron chi connectivity index (χ3n) is 4.25. The van der Waals surface area contributed by atoms with E-state index in [0.717, 1.165) is 18.8 Å². The van der Waals surface area contributed by atoms with Crippen molar-refractivity contribution in [1.29, 1.82) is 0 Å². The van der Waals surface area contributed by atoms with Crippen LogP contribution in [0.25, 0.3) is 0 Å². The Morgan fingerprint density at radius 3 is 2.74 bits per heavy atom. The highest BCUT2D eigenvalue weighted by atomic mass is 35.5. The predicted molar refractivity (Wildman–Crippen MR) is 90.7 cm³/mol. The zero-order valence-electron chi connectivity index (χ0n) is 13.0. The minimum Gasteiger partial charge on any atom is -0.468 e. The van der Waals surface area contributed by atoms with E-state index < -0.39 is 0 Å². The van der Waals surface area contributed by atoms with Crippen LogP contribution in [0.1, 0.15) is 41.4 Å². The Hall–Kier alpha value is -1.78. The zero-order valence-corrected chi connectivity index (χ0v) is 13.8. The van der Waals surface area contributed by atoms with E-state index in [1.807, 2.05) is 12.1 Å². The first-order valence-corrected chi connectivity index (χ1v) is 8.43. The molecule has 1 amide bonds. The number of hydrogen-bond donors (Lipinski definition) is 1. The van der Waals surface area contributed by atoms with Gasteiger partial charge < -0.3 is 9.73 Å². The number of carbonyl (C=O) groups excluding carboxylic acids is 1. The fraction of sp³-hybridized carbons (Fsp3) is 0.389. The fourth-order valence-corrected chi connectivity index (χ4v) is 3.23. The van der Waals surface area contributed by atoms with Crippen LogP contribution in [0.2, 0.25) is 5.02 Å². The summed E-state index contributed by atoms with van der Waals surface area (Å²) < 4.78 is 5.59. The quantitative estimate of drug-likeness (QED) is 0.903. The molecule has 2 aromatic rings. The Morgan fingerprint density at radius 1 is 1.22 bits per heavy atom. The Morgan fingerprint density at radius 2 is 2.04 bits per heavy atom. The number of benzene rings is 1. The standard InChI is InChI=1S/C18H21ClN2O2/c19-15-7-4-6-14(12-15)18(22)20-13-16(17-8-5-11-23-17)21-9-2-1-3-10-21/h4-8,11-12,16H,1-3,9-10,13H2,(H,20,22). The number of halogens is 1. The summed E-state index contributed by atoms with van der Waals surface area (Å²) in [5, 5.41) is 3.58. The molecule has 23 heavy (non-hydrogen) atoms. The van der Waals surface area contributed by atoms with Gasteiger partial charge in [0.25, 0.3) is 5.91 Å². The number of furan rings is 1. The minimum absolute atomic E-state index is 0.0773. The first-order valence-electron chi connectivity index (χ1n) is 8.05. The molecule has 0 bridgehead atoms. The summed E-state index contributed by atoms with van der Waals surface area (Å²) in [4.78, 5) is 14.7. The topological polar surface area (TPSA) is 45.5 Å². The second-order valence-electron chi connectivity index (χ2n) is 5.85. The molecule has 1 fully saturated rings. The van der Waals surface area contributed by atoms with Crippen LogP contribution in [-0.2, 0) is 0 Å². The number of likely N-dealkylation sites (tertiary alicyclic amines) is 1. The average molecular weight is 333 g/mol. The van der Waals surface area contributed by atoms with Gasteiger partial charge in [0, 0.05) is 17.1 Å². The van der Waals surface area contributed by atoms with Crippen LogP contribution in [0.4, 0.5) is 0 Å². The molecule has 1 saturated heterocycles. The molecular formula is C18H21ClN2O2. The van der Waals surface area contributed by atoms with Crippen LogP contribution in [0.15, 0.2) is 47.1 Å². The van der Waals surface area contributed by atoms with Crippen molar-refractivity contribution in [3.05, 3.63) is 59.0 Å². The Bertz CT molecular complexity index is 636. The van der Waals surface area contributed by atoms with Gasteiger partial charge in [0.15, 0.2) is 0 Å². The van der Waals surface area contributed by atoms with Crippen molar-refractivity contribution in [3.63, 3.8) is 0 Å². The molecule has 1 aromatic heterocycles. The summed E-state index contributed by atoms with van der Waals surface area (Å²) in [6, 6.07) is 10.9. The average Bonchev–Trinajstić information content (AvgIpc) is 3.10. The lowest BCUT2D eigenvalue weighted by molar-refractivity contribution is 0.0914. The van der Waals surface area contributed by atoms with Crippen LogP contribution in [0.3, 0.4) is 0 Å². The number of hydrogen-bond acceptors (Lipinski definition) is 3. The number of piperidine rings is 1. The fourth-order valence-electron chi connectivity index (χ4n) is 3.04. The third kappa shape index (κ3) is 4.15. The van der Waals surface area contributed by atoms with Crippen molar-refractivity contribution in [2.24, 2.45) is 0 Å². The van der Waals surface area contributed by atoms with Gasteiger partial charge >= 0.3 is 0 Å². The number of nitrogens with zero attached hydrogens (tertiary/aromatic N) is 1. The van der Waals surface area contributed by atoms with E-state index in [4.69, 9.17) is 16.0 Å². The number of carbonyl (C=O) groups is 1. The van der Waals surface area contributed by atoms with Crippen molar-refractivity contribution in [1.82, 2.24) is 10.2 Å². The van der Waals surface area contributed by atoms with Gasteiger partial charge in [-0.25, -0.2) is 0 Å². The molecule has 5 heteroatoms. The third-order valence-corrected chi connectivity index (χ3v) is 4.48. The molecule has 1 N–H and O–H groups in total. The molecule has 1 aliphatic heterocycles. The van der Waals surface area contributed by atoms with Crippen molar-refractivity contribution in [2.45, 2.75) is 25.3 Å². The highest BCUT2D eigenvalue weighted by Crippen LogP contribution is 2.24. The van der Waals surface area contributed by atoms with Crippen LogP contribution in [0.5, 0.6) is 0 Å². The molecule has 2 heterocycles. The SMILES string of the molecule is O=C(NCC(c1ccco1)N1CCCCC1)c1cccc(Cl)c1. The smallest absolute Gasteiger partial charge is 0.251 e. The number of rotatable bonds is 5. The first-order chi connectivity index (χ1) is 11.2. The van der Waals surface area contributed by atoms with E-state index in [1.165, 1.54) is 19.3 Å². The van der Waals surface area contributed by atoms with Crippen molar-refractivity contribution >= 4 is 17.5 Å². The summed E-state index contributed by atoms with van der Waals surface area (Å²) in [6.07, 6.45) is 5.35. The summed E-state index contributed by atoms with van der Waals surface area (Å²) in [6.45, 7) is 2.61. The summed E-state index contributed by atoms with van der Waals surface area (Å²) >= 11 is 5.95. The summed E-state index contributed by atoms with van der Waals surface area (Å²) in [5.41, 5.74) is 0.578. The molecule has 1 unspecified atom stereocenters. The van der Waals surface area contributed by atoms with Gasteiger partial charge in [0.2, 0.25) is 0 Å². The maximum absolute atomic E-state index is 12.3. The monoisotopic (exact) mass is 332 g/mol. The van der Waals surface area contributed by atoms with Crippen molar-refractivity contribution < 1.29 is 9.21 Å². The molecular weight excluding hydrogens is 312 g/mol. The molecule has 0 saturated carbocycles. The zero-order chi connectivity index (χ0) is 16.1. The van der Waals surface area contributed by atoms with Gasteiger partial charge in [-0.15, -0.1) is 0 Å². The van der Waals surface area contributed by atoms with E-state index in [0.29, 0.717) is 17.1 Å². The van der Waals surface area contributed by atoms with Crippen LogP contribution in [-0.4, -0.2) is 30.4 Å². The van der Waals surface area contributed by atoms with Gasteiger partial charge in [-0.3, -0.25) is 9.69 Å². The number of nitrogens with one attached hydrogen (secondary N) is 1. The van der Waals surface area contributed by atoms with Gasteiger partial charge in [-0.1, -0.05) is 24.1 Å². The van der Waals surface area contributed by atoms with E-state index in [-0.39, 0.29) is 11.9 Å². The van der Waals surface area contributed by atoms with Gasteiger partial charge in [0.1, 0.15) is 5.76 Å². The van der Waals surface area contributed by atoms with E-state index in [2.05, 4.69) is 10.2 Å². The molecule has 0 radical (unpaired) electrons. The molecule has 1 aliphatic rings. The first kappa shape index (κ1) is 16.1. The number of amides is 1. The van der Waals surface area contributed by atoms with Crippen LogP contribution < -0.4 is 5.32 Å². The van der Waals surface area contributed by atoms with E-state index in [1.54, 1.807) is 30.5 Å². The highest BCUT2D eigenvalue weighted by molar-refractivity contribution is 6.30. The van der Waals surface area contributed by atoms with Gasteiger partial charge in [-0.2, -0.15) is 0 Å². The molecule has 1 atom stereocenters. The van der Waals surface area contributed by atoms with Crippen LogP contribution in [0, 0.1) is 0 Å². The Kier molecular flexibility index (Phi) is 5.36. The highest BCUT2D eigenvalue weighted by Gasteiger charge is 2.25. The lowest BCUT2D eigenvalue weighted by Gasteiger charge is -2.33. The van der Waals surface area contributed by atoms with E-state index >= 15 is 0 Å². The molecule has 0 aliphatic carbocycles. The van der Waals surface area contributed by atoms with Gasteiger partial charge in [0.05, 0.1) is 12.3 Å². The largest absolute Gasteiger partial charge is 0.468 e. The Labute approximate surface area is 141 Å². The van der Waals surface area contributed by atoms with Gasteiger partial charge in [-0.05, 0) is 56.3 Å². The van der Waals surface area contributed by atoms with E-state index in [9.17, 15) is 4.79 Å². The molecule has 3 rings (SSSR count). The Balaban J connectivity index is 1.67. The lowest BCUT2D eigenvalue weighted by atomic mass is 10.1. The summed E-state index contributed by atoms with van der Waals surface area (Å²) in [7, 11) is 0.